The van der Waals surface area contributed by atoms with E-state index in [0.717, 1.165) is 27.9 Å². The van der Waals surface area contributed by atoms with Crippen LogP contribution in [0.3, 0.4) is 0 Å². The number of hydrogen-bond donors (Lipinski definition) is 0. The Morgan fingerprint density at radius 1 is 0.340 bits per heavy atom. The maximum Gasteiger partial charge on any atom is 0.164 e. The number of nitrogens with zero attached hydrogens (tertiary/aromatic N) is 4. The maximum atomic E-state index is 5.02. The molecule has 0 amide bonds. The van der Waals surface area contributed by atoms with Crippen LogP contribution < -0.4 is 0 Å². The minimum Gasteiger partial charge on any atom is -0.309 e. The summed E-state index contributed by atoms with van der Waals surface area (Å²) < 4.78 is 2.40. The molecule has 220 valence electrons. The first kappa shape index (κ1) is 27.0. The first-order valence-electron chi connectivity index (χ1n) is 15.8. The Bertz CT molecular complexity index is 2500. The van der Waals surface area contributed by atoms with Gasteiger partial charge in [0.15, 0.2) is 17.5 Å². The molecule has 47 heavy (non-hydrogen) atoms. The number of benzene rings is 7. The second-order valence-electron chi connectivity index (χ2n) is 11.7. The van der Waals surface area contributed by atoms with Gasteiger partial charge in [-0.25, -0.2) is 15.0 Å². The molecular formula is C43H28N4. The van der Waals surface area contributed by atoms with Gasteiger partial charge in [-0.05, 0) is 34.7 Å². The molecule has 0 aliphatic rings. The maximum absolute atomic E-state index is 5.02. The molecule has 0 bridgehead atoms. The highest BCUT2D eigenvalue weighted by atomic mass is 15.0. The zero-order chi connectivity index (χ0) is 31.2. The topological polar surface area (TPSA) is 43.6 Å². The number of hydrogen-bond acceptors (Lipinski definition) is 3. The lowest BCUT2D eigenvalue weighted by Gasteiger charge is -2.13. The summed E-state index contributed by atoms with van der Waals surface area (Å²) in [4.78, 5) is 14.9. The van der Waals surface area contributed by atoms with Crippen LogP contribution in [0.2, 0.25) is 0 Å². The second-order valence-corrected chi connectivity index (χ2v) is 11.7. The minimum atomic E-state index is 0.634. The zero-order valence-corrected chi connectivity index (χ0v) is 25.5. The van der Waals surface area contributed by atoms with Crippen molar-refractivity contribution in [2.75, 3.05) is 0 Å². The van der Waals surface area contributed by atoms with Crippen LogP contribution in [0.25, 0.3) is 83.6 Å². The molecule has 9 aromatic rings. The van der Waals surface area contributed by atoms with Gasteiger partial charge in [0, 0.05) is 38.5 Å². The molecule has 0 aliphatic carbocycles. The van der Waals surface area contributed by atoms with Gasteiger partial charge < -0.3 is 4.57 Å². The lowest BCUT2D eigenvalue weighted by Crippen LogP contribution is -2.01. The Kier molecular flexibility index (Phi) is 6.43. The van der Waals surface area contributed by atoms with Gasteiger partial charge in [-0.2, -0.15) is 0 Å². The van der Waals surface area contributed by atoms with Crippen molar-refractivity contribution >= 4 is 32.6 Å². The monoisotopic (exact) mass is 600 g/mol. The summed E-state index contributed by atoms with van der Waals surface area (Å²) in [6.07, 6.45) is 0. The molecule has 0 atom stereocenters. The third-order valence-corrected chi connectivity index (χ3v) is 8.82. The van der Waals surface area contributed by atoms with Gasteiger partial charge in [0.25, 0.3) is 0 Å². The molecule has 0 unspecified atom stereocenters. The van der Waals surface area contributed by atoms with Crippen molar-refractivity contribution in [3.8, 4) is 51.0 Å². The molecule has 9 rings (SSSR count). The van der Waals surface area contributed by atoms with Gasteiger partial charge in [0.1, 0.15) is 0 Å². The number of fused-ring (bicyclic) bond motifs is 5. The standard InChI is InChI=1S/C43H28N4/c1-4-13-29(14-5-1)33-24-25-37-38-26-23-30-15-10-11-22-36(30)40(38)47(39(37)28-33)35-21-12-20-34(27-35)43-45-41(31-16-6-2-7-17-31)44-42(46-43)32-18-8-3-9-19-32/h1-28H. The largest absolute Gasteiger partial charge is 0.309 e. The zero-order valence-electron chi connectivity index (χ0n) is 25.5. The Labute approximate surface area is 272 Å². The van der Waals surface area contributed by atoms with Crippen molar-refractivity contribution in [1.29, 1.82) is 0 Å². The molecule has 0 aliphatic heterocycles. The first-order chi connectivity index (χ1) is 23.3. The van der Waals surface area contributed by atoms with Gasteiger partial charge in [0.05, 0.1) is 11.0 Å². The van der Waals surface area contributed by atoms with Crippen molar-refractivity contribution in [2.45, 2.75) is 0 Å². The molecule has 0 saturated heterocycles. The first-order valence-corrected chi connectivity index (χ1v) is 15.8. The fourth-order valence-electron chi connectivity index (χ4n) is 6.58. The van der Waals surface area contributed by atoms with E-state index in [0.29, 0.717) is 17.5 Å². The van der Waals surface area contributed by atoms with Crippen LogP contribution in [0.1, 0.15) is 0 Å². The fourth-order valence-corrected chi connectivity index (χ4v) is 6.58. The highest BCUT2D eigenvalue weighted by molar-refractivity contribution is 6.19. The van der Waals surface area contributed by atoms with Gasteiger partial charge >= 0.3 is 0 Å². The van der Waals surface area contributed by atoms with Crippen molar-refractivity contribution < 1.29 is 0 Å². The predicted octanol–water partition coefficient (Wildman–Crippen LogP) is 10.8. The Balaban J connectivity index is 1.30. The average molecular weight is 601 g/mol. The lowest BCUT2D eigenvalue weighted by atomic mass is 10.0. The van der Waals surface area contributed by atoms with Crippen LogP contribution in [-0.2, 0) is 0 Å². The smallest absolute Gasteiger partial charge is 0.164 e. The van der Waals surface area contributed by atoms with Crippen LogP contribution in [0.5, 0.6) is 0 Å². The molecule has 0 spiro atoms. The molecule has 0 saturated carbocycles. The predicted molar refractivity (Wildman–Crippen MR) is 193 cm³/mol. The molecule has 2 aromatic heterocycles. The molecule has 4 heteroatoms. The second kappa shape index (κ2) is 11.2. The molecular weight excluding hydrogens is 573 g/mol. The van der Waals surface area contributed by atoms with E-state index in [9.17, 15) is 0 Å². The van der Waals surface area contributed by atoms with Crippen molar-refractivity contribution in [3.63, 3.8) is 0 Å². The average Bonchev–Trinajstić information content (AvgIpc) is 3.50. The van der Waals surface area contributed by atoms with Gasteiger partial charge in [0.2, 0.25) is 0 Å². The third kappa shape index (κ3) is 4.75. The summed E-state index contributed by atoms with van der Waals surface area (Å²) in [6.45, 7) is 0. The molecule has 7 aromatic carbocycles. The van der Waals surface area contributed by atoms with Crippen LogP contribution in [0, 0.1) is 0 Å². The van der Waals surface area contributed by atoms with Gasteiger partial charge in [-0.1, -0.05) is 152 Å². The Morgan fingerprint density at radius 2 is 0.894 bits per heavy atom. The molecule has 0 fully saturated rings. The summed E-state index contributed by atoms with van der Waals surface area (Å²) >= 11 is 0. The van der Waals surface area contributed by atoms with Crippen LogP contribution >= 0.6 is 0 Å². The summed E-state index contributed by atoms with van der Waals surface area (Å²) in [5, 5.41) is 4.86. The van der Waals surface area contributed by atoms with E-state index in [-0.39, 0.29) is 0 Å². The van der Waals surface area contributed by atoms with Crippen molar-refractivity contribution in [3.05, 3.63) is 170 Å². The van der Waals surface area contributed by atoms with Gasteiger partial charge in [-0.3, -0.25) is 0 Å². The molecule has 2 heterocycles. The number of aromatic nitrogens is 4. The highest BCUT2D eigenvalue weighted by Gasteiger charge is 2.18. The van der Waals surface area contributed by atoms with E-state index < -0.39 is 0 Å². The van der Waals surface area contributed by atoms with E-state index >= 15 is 0 Å². The van der Waals surface area contributed by atoms with Crippen molar-refractivity contribution in [1.82, 2.24) is 19.5 Å². The van der Waals surface area contributed by atoms with E-state index in [2.05, 4.69) is 114 Å². The van der Waals surface area contributed by atoms with Gasteiger partial charge in [-0.15, -0.1) is 0 Å². The van der Waals surface area contributed by atoms with Crippen LogP contribution in [0.4, 0.5) is 0 Å². The summed E-state index contributed by atoms with van der Waals surface area (Å²) in [6, 6.07) is 59.3. The van der Waals surface area contributed by atoms with Crippen LogP contribution in [-0.4, -0.2) is 19.5 Å². The van der Waals surface area contributed by atoms with E-state index in [1.165, 1.54) is 38.2 Å². The van der Waals surface area contributed by atoms with Crippen molar-refractivity contribution in [2.24, 2.45) is 0 Å². The quantitative estimate of drug-likeness (QED) is 0.197. The van der Waals surface area contributed by atoms with Crippen LogP contribution in [0.15, 0.2) is 170 Å². The third-order valence-electron chi connectivity index (χ3n) is 8.82. The number of rotatable bonds is 5. The fraction of sp³-hybridized carbons (Fsp3) is 0. The van der Waals surface area contributed by atoms with E-state index in [1.807, 2.05) is 60.7 Å². The Hall–Kier alpha value is -6.39. The summed E-state index contributed by atoms with van der Waals surface area (Å²) in [7, 11) is 0. The minimum absolute atomic E-state index is 0.634. The molecule has 0 N–H and O–H groups in total. The molecule has 0 radical (unpaired) electrons. The normalized spacial score (nSPS) is 11.4. The Morgan fingerprint density at radius 3 is 1.57 bits per heavy atom. The SMILES string of the molecule is c1ccc(-c2ccc3c4ccc5ccccc5c4n(-c4cccc(-c5nc(-c6ccccc6)nc(-c6ccccc6)n5)c4)c3c2)cc1. The van der Waals surface area contributed by atoms with E-state index in [1.54, 1.807) is 0 Å². The van der Waals surface area contributed by atoms with E-state index in [4.69, 9.17) is 15.0 Å². The molecule has 4 nitrogen and oxygen atoms in total. The highest BCUT2D eigenvalue weighted by Crippen LogP contribution is 2.39. The lowest BCUT2D eigenvalue weighted by molar-refractivity contribution is 1.07. The summed E-state index contributed by atoms with van der Waals surface area (Å²) in [5.41, 5.74) is 8.59. The summed E-state index contributed by atoms with van der Waals surface area (Å²) in [5.74, 6) is 1.93.